The van der Waals surface area contributed by atoms with Crippen LogP contribution >= 0.6 is 0 Å². The van der Waals surface area contributed by atoms with Crippen molar-refractivity contribution in [1.82, 2.24) is 4.90 Å². The van der Waals surface area contributed by atoms with Crippen molar-refractivity contribution in [2.24, 2.45) is 0 Å². The molecule has 7 heteroatoms. The van der Waals surface area contributed by atoms with E-state index in [4.69, 9.17) is 14.2 Å². The molecular formula is C21H26N2O5. The summed E-state index contributed by atoms with van der Waals surface area (Å²) in [6.07, 6.45) is 0.181. The minimum atomic E-state index is -0.188. The Morgan fingerprint density at radius 3 is 2.25 bits per heavy atom. The molecule has 2 aromatic rings. The van der Waals surface area contributed by atoms with Gasteiger partial charge in [0.05, 0.1) is 26.5 Å². The number of rotatable bonds is 10. The maximum absolute atomic E-state index is 12.2. The van der Waals surface area contributed by atoms with Crippen LogP contribution in [0.2, 0.25) is 0 Å². The summed E-state index contributed by atoms with van der Waals surface area (Å²) in [7, 11) is 3.15. The van der Waals surface area contributed by atoms with Crippen LogP contribution in [0.1, 0.15) is 13.3 Å². The Balaban J connectivity index is 1.80. The van der Waals surface area contributed by atoms with E-state index in [0.717, 1.165) is 5.75 Å². The van der Waals surface area contributed by atoms with E-state index in [9.17, 15) is 9.59 Å². The van der Waals surface area contributed by atoms with Gasteiger partial charge < -0.3 is 24.4 Å². The molecule has 0 bridgehead atoms. The fourth-order valence-electron chi connectivity index (χ4n) is 2.57. The third-order valence-electron chi connectivity index (χ3n) is 4.12. The second kappa shape index (κ2) is 10.8. The second-order valence-corrected chi connectivity index (χ2v) is 6.03. The number of nitrogens with zero attached hydrogens (tertiary/aromatic N) is 1. The molecule has 0 saturated heterocycles. The van der Waals surface area contributed by atoms with Crippen LogP contribution in [0.3, 0.4) is 0 Å². The molecular weight excluding hydrogens is 360 g/mol. The van der Waals surface area contributed by atoms with Gasteiger partial charge in [0.2, 0.25) is 11.8 Å². The number of methoxy groups -OCH3 is 2. The number of carbonyl (C=O) groups excluding carboxylic acids is 2. The van der Waals surface area contributed by atoms with Crippen LogP contribution < -0.4 is 19.5 Å². The summed E-state index contributed by atoms with van der Waals surface area (Å²) in [6, 6.07) is 14.4. The van der Waals surface area contributed by atoms with Crippen molar-refractivity contribution < 1.29 is 23.8 Å². The molecule has 0 spiro atoms. The lowest BCUT2D eigenvalue weighted by molar-refractivity contribution is -0.129. The number of amides is 2. The second-order valence-electron chi connectivity index (χ2n) is 6.03. The van der Waals surface area contributed by atoms with Crippen LogP contribution in [0.15, 0.2) is 48.5 Å². The van der Waals surface area contributed by atoms with E-state index in [-0.39, 0.29) is 18.2 Å². The summed E-state index contributed by atoms with van der Waals surface area (Å²) in [5, 5.41) is 2.80. The quantitative estimate of drug-likeness (QED) is 0.679. The summed E-state index contributed by atoms with van der Waals surface area (Å²) in [5.41, 5.74) is 0.604. The van der Waals surface area contributed by atoms with Crippen LogP contribution in [-0.2, 0) is 9.59 Å². The Labute approximate surface area is 165 Å². The third-order valence-corrected chi connectivity index (χ3v) is 4.12. The fourth-order valence-corrected chi connectivity index (χ4v) is 2.57. The molecule has 0 aliphatic rings. The summed E-state index contributed by atoms with van der Waals surface area (Å²) in [6.45, 7) is 2.51. The first-order valence-electron chi connectivity index (χ1n) is 8.98. The number of benzene rings is 2. The maximum Gasteiger partial charge on any atom is 0.226 e. The summed E-state index contributed by atoms with van der Waals surface area (Å²) >= 11 is 0. The molecule has 2 aromatic carbocycles. The van der Waals surface area contributed by atoms with Gasteiger partial charge in [-0.05, 0) is 36.4 Å². The molecule has 28 heavy (non-hydrogen) atoms. The van der Waals surface area contributed by atoms with Crippen molar-refractivity contribution >= 4 is 17.5 Å². The number of hydrogen-bond acceptors (Lipinski definition) is 5. The topological polar surface area (TPSA) is 77.1 Å². The van der Waals surface area contributed by atoms with Gasteiger partial charge in [0, 0.05) is 19.9 Å². The molecule has 150 valence electrons. The molecule has 0 unspecified atom stereocenters. The van der Waals surface area contributed by atoms with Crippen molar-refractivity contribution in [2.75, 3.05) is 39.2 Å². The zero-order valence-corrected chi connectivity index (χ0v) is 16.4. The highest BCUT2D eigenvalue weighted by atomic mass is 16.5. The molecule has 0 heterocycles. The summed E-state index contributed by atoms with van der Waals surface area (Å²) in [5.74, 6) is 1.74. The Morgan fingerprint density at radius 2 is 1.61 bits per heavy atom. The van der Waals surface area contributed by atoms with Crippen molar-refractivity contribution in [3.8, 4) is 17.2 Å². The van der Waals surface area contributed by atoms with Gasteiger partial charge >= 0.3 is 0 Å². The molecule has 1 N–H and O–H groups in total. The maximum atomic E-state index is 12.2. The lowest BCUT2D eigenvalue weighted by Gasteiger charge is -2.21. The first-order chi connectivity index (χ1) is 13.5. The molecule has 2 rings (SSSR count). The molecule has 0 aromatic heterocycles. The number of carbonyl (C=O) groups is 2. The molecule has 0 aliphatic heterocycles. The number of ether oxygens (including phenoxy) is 3. The minimum Gasteiger partial charge on any atom is -0.497 e. The number of hydrogen-bond donors (Lipinski definition) is 1. The van der Waals surface area contributed by atoms with Gasteiger partial charge in [-0.3, -0.25) is 9.59 Å². The van der Waals surface area contributed by atoms with Gasteiger partial charge in [-0.2, -0.15) is 0 Å². The molecule has 2 amide bonds. The van der Waals surface area contributed by atoms with Gasteiger partial charge in [-0.15, -0.1) is 0 Å². The molecule has 7 nitrogen and oxygen atoms in total. The fraction of sp³-hybridized carbons (Fsp3) is 0.333. The van der Waals surface area contributed by atoms with E-state index in [1.807, 2.05) is 12.1 Å². The normalized spacial score (nSPS) is 10.1. The predicted octanol–water partition coefficient (Wildman–Crippen LogP) is 2.96. The van der Waals surface area contributed by atoms with Crippen molar-refractivity contribution in [3.63, 3.8) is 0 Å². The van der Waals surface area contributed by atoms with Crippen molar-refractivity contribution in [3.05, 3.63) is 48.5 Å². The van der Waals surface area contributed by atoms with E-state index in [1.165, 1.54) is 6.92 Å². The molecule has 0 radical (unpaired) electrons. The van der Waals surface area contributed by atoms with Gasteiger partial charge in [-0.1, -0.05) is 12.1 Å². The molecule has 0 fully saturated rings. The van der Waals surface area contributed by atoms with E-state index in [1.54, 1.807) is 55.5 Å². The SMILES string of the molecule is COc1ccc(OCCN(CCC(=O)Nc2ccccc2OC)C(C)=O)cc1. The highest BCUT2D eigenvalue weighted by molar-refractivity contribution is 5.92. The van der Waals surface area contributed by atoms with Crippen LogP contribution in [0.25, 0.3) is 0 Å². The molecule has 0 aliphatic carbocycles. The van der Waals surface area contributed by atoms with Crippen LogP contribution in [0, 0.1) is 0 Å². The summed E-state index contributed by atoms with van der Waals surface area (Å²) in [4.78, 5) is 25.6. The minimum absolute atomic E-state index is 0.108. The zero-order chi connectivity index (χ0) is 20.4. The van der Waals surface area contributed by atoms with Gasteiger partial charge in [0.1, 0.15) is 23.9 Å². The standard InChI is InChI=1S/C21H26N2O5/c1-16(24)23(14-15-28-18-10-8-17(26-2)9-11-18)13-12-21(25)22-19-6-4-5-7-20(19)27-3/h4-11H,12-15H2,1-3H3,(H,22,25). The zero-order valence-electron chi connectivity index (χ0n) is 16.4. The Hall–Kier alpha value is -3.22. The van der Waals surface area contributed by atoms with Crippen molar-refractivity contribution in [2.45, 2.75) is 13.3 Å². The third kappa shape index (κ3) is 6.50. The smallest absolute Gasteiger partial charge is 0.226 e. The Morgan fingerprint density at radius 1 is 0.929 bits per heavy atom. The summed E-state index contributed by atoms with van der Waals surface area (Å²) < 4.78 is 16.0. The molecule has 0 atom stereocenters. The Bertz CT molecular complexity index is 777. The highest BCUT2D eigenvalue weighted by Crippen LogP contribution is 2.23. The number of para-hydroxylation sites is 2. The average molecular weight is 386 g/mol. The highest BCUT2D eigenvalue weighted by Gasteiger charge is 2.13. The van der Waals surface area contributed by atoms with Crippen LogP contribution in [-0.4, -0.2) is 50.6 Å². The van der Waals surface area contributed by atoms with Crippen LogP contribution in [0.4, 0.5) is 5.69 Å². The lowest BCUT2D eigenvalue weighted by atomic mass is 10.2. The van der Waals surface area contributed by atoms with Crippen LogP contribution in [0.5, 0.6) is 17.2 Å². The molecule has 0 saturated carbocycles. The first-order valence-corrected chi connectivity index (χ1v) is 8.98. The van der Waals surface area contributed by atoms with Gasteiger partial charge in [0.15, 0.2) is 0 Å². The van der Waals surface area contributed by atoms with Crippen molar-refractivity contribution in [1.29, 1.82) is 0 Å². The van der Waals surface area contributed by atoms with E-state index in [0.29, 0.717) is 36.9 Å². The van der Waals surface area contributed by atoms with E-state index >= 15 is 0 Å². The largest absolute Gasteiger partial charge is 0.497 e. The van der Waals surface area contributed by atoms with E-state index in [2.05, 4.69) is 5.32 Å². The monoisotopic (exact) mass is 386 g/mol. The number of anilines is 1. The number of nitrogens with one attached hydrogen (secondary N) is 1. The van der Waals surface area contributed by atoms with Gasteiger partial charge in [-0.25, -0.2) is 0 Å². The Kier molecular flexibility index (Phi) is 8.14. The van der Waals surface area contributed by atoms with Gasteiger partial charge in [0.25, 0.3) is 0 Å². The first kappa shape index (κ1) is 21.1. The average Bonchev–Trinajstić information content (AvgIpc) is 2.71. The predicted molar refractivity (Wildman–Crippen MR) is 107 cm³/mol. The lowest BCUT2D eigenvalue weighted by Crippen LogP contribution is -2.35. The van der Waals surface area contributed by atoms with E-state index < -0.39 is 0 Å².